The number of amides is 4. The topological polar surface area (TPSA) is 162 Å². The van der Waals surface area contributed by atoms with E-state index in [1.807, 2.05) is 6.79 Å². The Balaban J connectivity index is 0.00000281. The van der Waals surface area contributed by atoms with E-state index in [0.717, 1.165) is 0 Å². The molecule has 0 aromatic heterocycles. The number of aliphatic carboxylic acids is 1. The molecule has 186 valence electrons. The maximum absolute atomic E-state index is 12.9. The summed E-state index contributed by atoms with van der Waals surface area (Å²) < 4.78 is 0. The van der Waals surface area contributed by atoms with Crippen molar-refractivity contribution in [1.29, 1.82) is 0 Å². The Morgan fingerprint density at radius 1 is 1.18 bits per heavy atom. The SMILES string of the molecule is C=O.CC(=O)Nc1ccc(C(=O)NC(C)C(=O)N2CCCC2C(=O)N[C@H](C)CC(=O)O)cc1Cl. The molecule has 4 N–H and O–H groups in total. The highest BCUT2D eigenvalue weighted by Gasteiger charge is 2.36. The molecule has 1 fully saturated rings. The third kappa shape index (κ3) is 8.14. The molecule has 12 heteroatoms. The second kappa shape index (κ2) is 13.3. The molecule has 1 aromatic rings. The van der Waals surface area contributed by atoms with Crippen molar-refractivity contribution in [3.8, 4) is 0 Å². The Hall–Kier alpha value is -3.47. The number of anilines is 1. The van der Waals surface area contributed by atoms with Crippen molar-refractivity contribution in [3.05, 3.63) is 28.8 Å². The van der Waals surface area contributed by atoms with Gasteiger partial charge in [-0.15, -0.1) is 0 Å². The zero-order valence-corrected chi connectivity index (χ0v) is 20.0. The van der Waals surface area contributed by atoms with Crippen LogP contribution in [0.4, 0.5) is 5.69 Å². The smallest absolute Gasteiger partial charge is 0.305 e. The summed E-state index contributed by atoms with van der Waals surface area (Å²) in [5, 5.41) is 16.8. The van der Waals surface area contributed by atoms with Crippen LogP contribution in [-0.4, -0.2) is 71.1 Å². The largest absolute Gasteiger partial charge is 0.481 e. The van der Waals surface area contributed by atoms with Gasteiger partial charge in [-0.05, 0) is 44.9 Å². The minimum Gasteiger partial charge on any atom is -0.481 e. The Bertz CT molecular complexity index is 940. The number of carbonyl (C=O) groups is 6. The summed E-state index contributed by atoms with van der Waals surface area (Å²) in [6.07, 6.45) is 0.860. The normalized spacial score (nSPS) is 16.4. The zero-order chi connectivity index (χ0) is 26.0. The zero-order valence-electron chi connectivity index (χ0n) is 19.2. The van der Waals surface area contributed by atoms with Crippen LogP contribution in [0.3, 0.4) is 0 Å². The lowest BCUT2D eigenvalue weighted by molar-refractivity contribution is -0.141. The van der Waals surface area contributed by atoms with Crippen molar-refractivity contribution in [2.75, 3.05) is 11.9 Å². The number of hydrogen-bond donors (Lipinski definition) is 4. The van der Waals surface area contributed by atoms with Crippen LogP contribution in [0.25, 0.3) is 0 Å². The van der Waals surface area contributed by atoms with Gasteiger partial charge >= 0.3 is 5.97 Å². The molecular weight excluding hydrogens is 468 g/mol. The predicted octanol–water partition coefficient (Wildman–Crippen LogP) is 1.20. The summed E-state index contributed by atoms with van der Waals surface area (Å²) in [6, 6.07) is 2.16. The Morgan fingerprint density at radius 2 is 1.82 bits per heavy atom. The van der Waals surface area contributed by atoms with E-state index in [-0.39, 0.29) is 22.9 Å². The predicted molar refractivity (Wildman–Crippen MR) is 124 cm³/mol. The van der Waals surface area contributed by atoms with Crippen molar-refractivity contribution in [1.82, 2.24) is 15.5 Å². The van der Waals surface area contributed by atoms with E-state index in [0.29, 0.717) is 25.1 Å². The molecule has 1 heterocycles. The Labute approximate surface area is 202 Å². The maximum Gasteiger partial charge on any atom is 0.305 e. The average Bonchev–Trinajstić information content (AvgIpc) is 3.25. The molecule has 1 aliphatic rings. The molecule has 0 spiro atoms. The number of carboxylic acids is 1. The van der Waals surface area contributed by atoms with Crippen LogP contribution in [-0.2, 0) is 24.0 Å². The number of carbonyl (C=O) groups excluding carboxylic acids is 5. The minimum absolute atomic E-state index is 0.179. The van der Waals surface area contributed by atoms with Crippen LogP contribution in [0.1, 0.15) is 50.4 Å². The summed E-state index contributed by atoms with van der Waals surface area (Å²) in [6.45, 7) is 6.80. The van der Waals surface area contributed by atoms with Crippen LogP contribution in [0, 0.1) is 0 Å². The van der Waals surface area contributed by atoms with Crippen molar-refractivity contribution in [2.45, 2.75) is 58.2 Å². The number of hydrogen-bond acceptors (Lipinski definition) is 6. The summed E-state index contributed by atoms with van der Waals surface area (Å²) in [4.78, 5) is 69.4. The van der Waals surface area contributed by atoms with Gasteiger partial charge in [0.1, 0.15) is 18.9 Å². The molecule has 0 radical (unpaired) electrons. The highest BCUT2D eigenvalue weighted by Crippen LogP contribution is 2.23. The number of carboxylic acid groups (broad SMARTS) is 1. The third-order valence-electron chi connectivity index (χ3n) is 4.97. The fraction of sp³-hybridized carbons (Fsp3) is 0.455. The second-order valence-corrected chi connectivity index (χ2v) is 8.18. The lowest BCUT2D eigenvalue weighted by atomic mass is 10.1. The van der Waals surface area contributed by atoms with Crippen LogP contribution in [0.5, 0.6) is 0 Å². The molecule has 3 atom stereocenters. The van der Waals surface area contributed by atoms with Gasteiger partial charge in [0.2, 0.25) is 17.7 Å². The second-order valence-electron chi connectivity index (χ2n) is 7.77. The monoisotopic (exact) mass is 496 g/mol. The van der Waals surface area contributed by atoms with Gasteiger partial charge in [-0.1, -0.05) is 11.6 Å². The van der Waals surface area contributed by atoms with E-state index in [2.05, 4.69) is 16.0 Å². The number of likely N-dealkylation sites (tertiary alicyclic amines) is 1. The molecule has 1 aliphatic heterocycles. The molecule has 0 saturated carbocycles. The van der Waals surface area contributed by atoms with Gasteiger partial charge in [-0.25, -0.2) is 0 Å². The maximum atomic E-state index is 12.9. The van der Waals surface area contributed by atoms with Crippen LogP contribution in [0.2, 0.25) is 5.02 Å². The highest BCUT2D eigenvalue weighted by atomic mass is 35.5. The summed E-state index contributed by atoms with van der Waals surface area (Å²) in [7, 11) is 0. The van der Waals surface area contributed by atoms with Gasteiger partial charge in [0, 0.05) is 25.1 Å². The quantitative estimate of drug-likeness (QED) is 0.420. The van der Waals surface area contributed by atoms with Crippen LogP contribution in [0.15, 0.2) is 18.2 Å². The van der Waals surface area contributed by atoms with Gasteiger partial charge in [0.05, 0.1) is 17.1 Å². The van der Waals surface area contributed by atoms with Gasteiger partial charge < -0.3 is 30.8 Å². The lowest BCUT2D eigenvalue weighted by Gasteiger charge is -2.28. The summed E-state index contributed by atoms with van der Waals surface area (Å²) in [5.41, 5.74) is 0.574. The van der Waals surface area contributed by atoms with Gasteiger partial charge in [0.25, 0.3) is 5.91 Å². The molecule has 4 amide bonds. The molecule has 0 aliphatic carbocycles. The average molecular weight is 497 g/mol. The van der Waals surface area contributed by atoms with Gasteiger partial charge in [-0.2, -0.15) is 0 Å². The van der Waals surface area contributed by atoms with Crippen molar-refractivity contribution >= 4 is 53.7 Å². The number of benzene rings is 1. The van der Waals surface area contributed by atoms with E-state index in [1.54, 1.807) is 6.92 Å². The van der Waals surface area contributed by atoms with E-state index in [1.165, 1.54) is 36.9 Å². The van der Waals surface area contributed by atoms with E-state index in [9.17, 15) is 24.0 Å². The highest BCUT2D eigenvalue weighted by molar-refractivity contribution is 6.34. The first kappa shape index (κ1) is 28.6. The lowest BCUT2D eigenvalue weighted by Crippen LogP contribution is -2.53. The van der Waals surface area contributed by atoms with Gasteiger partial charge in [0.15, 0.2) is 0 Å². The summed E-state index contributed by atoms with van der Waals surface area (Å²) in [5.74, 6) is -2.69. The Kier molecular flexibility index (Phi) is 11.2. The fourth-order valence-electron chi connectivity index (χ4n) is 3.49. The molecule has 1 saturated heterocycles. The number of halogens is 1. The number of rotatable bonds is 8. The number of nitrogens with zero attached hydrogens (tertiary/aromatic N) is 1. The first-order valence-electron chi connectivity index (χ1n) is 10.5. The fourth-order valence-corrected chi connectivity index (χ4v) is 3.72. The van der Waals surface area contributed by atoms with E-state index >= 15 is 0 Å². The number of nitrogens with one attached hydrogen (secondary N) is 3. The first-order chi connectivity index (χ1) is 16.0. The van der Waals surface area contributed by atoms with E-state index in [4.69, 9.17) is 21.5 Å². The van der Waals surface area contributed by atoms with Gasteiger partial charge in [-0.3, -0.25) is 24.0 Å². The molecular formula is C22H29ClN4O7. The molecule has 2 rings (SSSR count). The summed E-state index contributed by atoms with van der Waals surface area (Å²) >= 11 is 6.10. The molecule has 34 heavy (non-hydrogen) atoms. The molecule has 0 bridgehead atoms. The van der Waals surface area contributed by atoms with Crippen LogP contribution < -0.4 is 16.0 Å². The van der Waals surface area contributed by atoms with Crippen molar-refractivity contribution < 1.29 is 33.9 Å². The van der Waals surface area contributed by atoms with E-state index < -0.39 is 41.8 Å². The molecule has 1 aromatic carbocycles. The minimum atomic E-state index is -1.03. The third-order valence-corrected chi connectivity index (χ3v) is 5.28. The Morgan fingerprint density at radius 3 is 2.38 bits per heavy atom. The molecule has 2 unspecified atom stereocenters. The molecule has 11 nitrogen and oxygen atoms in total. The van der Waals surface area contributed by atoms with Crippen molar-refractivity contribution in [2.24, 2.45) is 0 Å². The standard InChI is InChI=1S/C21H27ClN4O6.CH2O/c1-11(9-18(28)29)23-20(31)17-5-4-8-26(17)21(32)12(2)24-19(30)14-6-7-16(15(22)10-14)25-13(3)27;1-2/h6-7,10-12,17H,4-5,8-9H2,1-3H3,(H,23,31)(H,24,30)(H,25,27)(H,28,29);1H2/t11-,12?,17?;/m1./s1. The first-order valence-corrected chi connectivity index (χ1v) is 10.9. The van der Waals surface area contributed by atoms with Crippen molar-refractivity contribution in [3.63, 3.8) is 0 Å². The van der Waals surface area contributed by atoms with Crippen LogP contribution >= 0.6 is 11.6 Å².